The minimum atomic E-state index is 0.674. The maximum Gasteiger partial charge on any atom is 0.160 e. The Hall–Kier alpha value is -8.34. The normalized spacial score (nSPS) is 11.5. The number of hydrogen-bond acceptors (Lipinski definition) is 4. The quantitative estimate of drug-likeness (QED) is 0.161. The molecule has 0 aliphatic heterocycles. The highest BCUT2D eigenvalue weighted by molar-refractivity contribution is 6.07. The lowest BCUT2D eigenvalue weighted by Crippen LogP contribution is -1.97. The van der Waals surface area contributed by atoms with Crippen molar-refractivity contribution in [2.75, 3.05) is 0 Å². The lowest BCUT2D eigenvalue weighted by Gasteiger charge is -2.14. The monoisotopic (exact) mass is 792 g/mol. The summed E-state index contributed by atoms with van der Waals surface area (Å²) in [5.41, 5.74) is 17.2. The summed E-state index contributed by atoms with van der Waals surface area (Å²) in [5, 5.41) is 4.43. The van der Waals surface area contributed by atoms with Gasteiger partial charge in [-0.1, -0.05) is 152 Å². The molecule has 0 atom stereocenters. The molecule has 4 nitrogen and oxygen atoms in total. The Labute approximate surface area is 358 Å². The lowest BCUT2D eigenvalue weighted by molar-refractivity contribution is 0.668. The van der Waals surface area contributed by atoms with Gasteiger partial charge in [0, 0.05) is 38.2 Å². The largest absolute Gasteiger partial charge is 0.456 e. The first kappa shape index (κ1) is 35.6. The third-order valence-electron chi connectivity index (χ3n) is 11.9. The van der Waals surface area contributed by atoms with E-state index in [1.165, 1.54) is 0 Å². The molecular formula is C58H36N2O2. The number of nitrogens with zero attached hydrogens (tertiary/aromatic N) is 2. The third kappa shape index (κ3) is 6.42. The van der Waals surface area contributed by atoms with E-state index in [-0.39, 0.29) is 0 Å². The van der Waals surface area contributed by atoms with Gasteiger partial charge in [-0.15, -0.1) is 0 Å². The van der Waals surface area contributed by atoms with Gasteiger partial charge in [0.2, 0.25) is 0 Å². The van der Waals surface area contributed by atoms with Gasteiger partial charge in [-0.2, -0.15) is 0 Å². The first-order chi connectivity index (χ1) is 30.7. The predicted molar refractivity (Wildman–Crippen MR) is 255 cm³/mol. The summed E-state index contributed by atoms with van der Waals surface area (Å²) in [4.78, 5) is 10.5. The zero-order valence-corrected chi connectivity index (χ0v) is 33.5. The Morgan fingerprint density at radius 3 is 1.24 bits per heavy atom. The van der Waals surface area contributed by atoms with Gasteiger partial charge < -0.3 is 8.83 Å². The molecule has 0 fully saturated rings. The van der Waals surface area contributed by atoms with Crippen molar-refractivity contribution < 1.29 is 8.83 Å². The molecule has 0 amide bonds. The molecule has 9 aromatic carbocycles. The van der Waals surface area contributed by atoms with Crippen LogP contribution in [0.5, 0.6) is 0 Å². The van der Waals surface area contributed by atoms with Crippen LogP contribution in [0, 0.1) is 0 Å². The molecule has 0 saturated carbocycles. The number of aromatic nitrogens is 2. The van der Waals surface area contributed by atoms with E-state index in [4.69, 9.17) is 18.8 Å². The van der Waals surface area contributed by atoms with Crippen molar-refractivity contribution in [1.82, 2.24) is 9.97 Å². The summed E-state index contributed by atoms with van der Waals surface area (Å²) in [7, 11) is 0. The third-order valence-corrected chi connectivity index (χ3v) is 11.9. The molecule has 290 valence electrons. The smallest absolute Gasteiger partial charge is 0.160 e. The molecule has 0 spiro atoms. The highest BCUT2D eigenvalue weighted by Gasteiger charge is 2.16. The standard InChI is InChI=1S/C58H36N2O2/c1-3-12-37(13-4-1)41-16-11-17-44(30-41)52-36-53(60-58(59-52)40-14-5-2-6-15-40)47-32-45(31-46(33-47)43-27-29-57-51(35-43)49-19-8-10-21-55(49)62-57)39-24-22-38(23-25-39)42-26-28-56-50(34-42)48-18-7-9-20-54(48)61-56/h1-36H. The van der Waals surface area contributed by atoms with Crippen molar-refractivity contribution in [3.8, 4) is 78.4 Å². The summed E-state index contributed by atoms with van der Waals surface area (Å²) in [5.74, 6) is 0.674. The fourth-order valence-corrected chi connectivity index (χ4v) is 8.72. The minimum absolute atomic E-state index is 0.674. The molecular weight excluding hydrogens is 757 g/mol. The number of benzene rings is 9. The fraction of sp³-hybridized carbons (Fsp3) is 0. The second-order valence-corrected chi connectivity index (χ2v) is 15.8. The van der Waals surface area contributed by atoms with Gasteiger partial charge in [0.1, 0.15) is 22.3 Å². The van der Waals surface area contributed by atoms with E-state index in [1.807, 2.05) is 48.5 Å². The van der Waals surface area contributed by atoms with Crippen LogP contribution < -0.4 is 0 Å². The van der Waals surface area contributed by atoms with Gasteiger partial charge >= 0.3 is 0 Å². The van der Waals surface area contributed by atoms with Gasteiger partial charge in [-0.3, -0.25) is 0 Å². The molecule has 0 saturated heterocycles. The first-order valence-electron chi connectivity index (χ1n) is 20.9. The predicted octanol–water partition coefficient (Wildman–Crippen LogP) is 15.9. The number of fused-ring (bicyclic) bond motifs is 6. The van der Waals surface area contributed by atoms with Crippen molar-refractivity contribution in [2.45, 2.75) is 0 Å². The molecule has 0 unspecified atom stereocenters. The number of rotatable bonds is 7. The van der Waals surface area contributed by atoms with Gasteiger partial charge in [0.05, 0.1) is 11.4 Å². The second kappa shape index (κ2) is 14.7. The summed E-state index contributed by atoms with van der Waals surface area (Å²) < 4.78 is 12.4. The van der Waals surface area contributed by atoms with Crippen molar-refractivity contribution in [3.05, 3.63) is 218 Å². The van der Waals surface area contributed by atoms with Crippen LogP contribution in [-0.4, -0.2) is 9.97 Å². The molecule has 3 heterocycles. The summed E-state index contributed by atoms with van der Waals surface area (Å²) in [6.45, 7) is 0. The van der Waals surface area contributed by atoms with E-state index >= 15 is 0 Å². The molecule has 12 aromatic rings. The highest BCUT2D eigenvalue weighted by Crippen LogP contribution is 2.39. The Balaban J connectivity index is 1.02. The van der Waals surface area contributed by atoms with Gasteiger partial charge in [-0.05, 0) is 111 Å². The summed E-state index contributed by atoms with van der Waals surface area (Å²) >= 11 is 0. The van der Waals surface area contributed by atoms with E-state index in [0.29, 0.717) is 5.82 Å². The van der Waals surface area contributed by atoms with Crippen LogP contribution in [0.3, 0.4) is 0 Å². The van der Waals surface area contributed by atoms with Crippen LogP contribution in [0.1, 0.15) is 0 Å². The number of para-hydroxylation sites is 2. The van der Waals surface area contributed by atoms with Gasteiger partial charge in [-0.25, -0.2) is 9.97 Å². The maximum atomic E-state index is 6.24. The average Bonchev–Trinajstić information content (AvgIpc) is 3.92. The summed E-state index contributed by atoms with van der Waals surface area (Å²) in [6.07, 6.45) is 0. The molecule has 0 N–H and O–H groups in total. The molecule has 62 heavy (non-hydrogen) atoms. The minimum Gasteiger partial charge on any atom is -0.456 e. The second-order valence-electron chi connectivity index (χ2n) is 15.8. The molecule has 12 rings (SSSR count). The number of furan rings is 2. The zero-order chi connectivity index (χ0) is 41.0. The van der Waals surface area contributed by atoms with E-state index in [0.717, 1.165) is 116 Å². The molecule has 0 aliphatic rings. The van der Waals surface area contributed by atoms with Gasteiger partial charge in [0.25, 0.3) is 0 Å². The molecule has 0 bridgehead atoms. The Kier molecular flexibility index (Phi) is 8.46. The van der Waals surface area contributed by atoms with Crippen LogP contribution >= 0.6 is 0 Å². The Morgan fingerprint density at radius 1 is 0.226 bits per heavy atom. The first-order valence-corrected chi connectivity index (χ1v) is 20.9. The maximum absolute atomic E-state index is 6.24. The average molecular weight is 793 g/mol. The van der Waals surface area contributed by atoms with Crippen LogP contribution in [0.4, 0.5) is 0 Å². The Bertz CT molecular complexity index is 3620. The van der Waals surface area contributed by atoms with Crippen molar-refractivity contribution in [2.24, 2.45) is 0 Å². The van der Waals surface area contributed by atoms with E-state index < -0.39 is 0 Å². The Morgan fingerprint density at radius 2 is 0.613 bits per heavy atom. The summed E-state index contributed by atoms with van der Waals surface area (Å²) in [6, 6.07) is 76.5. The van der Waals surface area contributed by atoms with Crippen LogP contribution in [0.15, 0.2) is 227 Å². The topological polar surface area (TPSA) is 52.1 Å². The molecule has 4 heteroatoms. The van der Waals surface area contributed by atoms with E-state index in [2.05, 4.69) is 170 Å². The van der Waals surface area contributed by atoms with Crippen molar-refractivity contribution in [3.63, 3.8) is 0 Å². The molecule has 0 radical (unpaired) electrons. The van der Waals surface area contributed by atoms with Crippen LogP contribution in [0.25, 0.3) is 122 Å². The SMILES string of the molecule is c1ccc(-c2cccc(-c3cc(-c4cc(-c5ccc(-c6ccc7oc8ccccc8c7c6)cc5)cc(-c5ccc6oc7ccccc7c6c5)c4)nc(-c4ccccc4)n3)c2)cc1. The fourth-order valence-electron chi connectivity index (χ4n) is 8.72. The van der Waals surface area contributed by atoms with E-state index in [9.17, 15) is 0 Å². The van der Waals surface area contributed by atoms with Gasteiger partial charge in [0.15, 0.2) is 5.82 Å². The highest BCUT2D eigenvalue weighted by atomic mass is 16.3. The lowest BCUT2D eigenvalue weighted by atomic mass is 9.93. The molecule has 3 aromatic heterocycles. The van der Waals surface area contributed by atoms with Crippen LogP contribution in [0.2, 0.25) is 0 Å². The molecule has 0 aliphatic carbocycles. The van der Waals surface area contributed by atoms with E-state index in [1.54, 1.807) is 0 Å². The van der Waals surface area contributed by atoms with Crippen molar-refractivity contribution in [1.29, 1.82) is 0 Å². The van der Waals surface area contributed by atoms with Crippen LogP contribution in [-0.2, 0) is 0 Å². The zero-order valence-electron chi connectivity index (χ0n) is 33.5. The van der Waals surface area contributed by atoms with Crippen molar-refractivity contribution >= 4 is 43.9 Å². The number of hydrogen-bond donors (Lipinski definition) is 0.